The highest BCUT2D eigenvalue weighted by molar-refractivity contribution is 7.61. The first kappa shape index (κ1) is 14.5. The van der Waals surface area contributed by atoms with Crippen LogP contribution in [0.5, 0.6) is 0 Å². The molecule has 0 aliphatic heterocycles. The third kappa shape index (κ3) is 9.06. The molecule has 2 nitrogen and oxygen atoms in total. The average Bonchev–Trinajstić information content (AvgIpc) is 1.76. The first-order valence-electron chi connectivity index (χ1n) is 3.90. The standard InChI is InChI=1S/C6H14ClF3NOPSi/c1-13(2,11-14(3,4)7)12-5-6(8,9)10/h5H2,1-4H3. The van der Waals surface area contributed by atoms with Crippen LogP contribution in [0.15, 0.2) is 4.41 Å². The molecule has 0 heterocycles. The highest BCUT2D eigenvalue weighted by atomic mass is 35.6. The van der Waals surface area contributed by atoms with E-state index in [4.69, 9.17) is 15.6 Å². The summed E-state index contributed by atoms with van der Waals surface area (Å²) in [5.74, 6) is 0. The van der Waals surface area contributed by atoms with Crippen molar-refractivity contribution in [1.29, 1.82) is 0 Å². The lowest BCUT2D eigenvalue weighted by Crippen LogP contribution is -2.17. The first-order valence-corrected chi connectivity index (χ1v) is 10.4. The number of hydrogen-bond acceptors (Lipinski definition) is 2. The van der Waals surface area contributed by atoms with Gasteiger partial charge in [-0.15, -0.1) is 11.1 Å². The van der Waals surface area contributed by atoms with Gasteiger partial charge in [-0.25, -0.2) is 0 Å². The Kier molecular flexibility index (Phi) is 4.71. The van der Waals surface area contributed by atoms with Gasteiger partial charge in [-0.3, -0.25) is 4.41 Å². The van der Waals surface area contributed by atoms with Gasteiger partial charge in [0.15, 0.2) is 0 Å². The van der Waals surface area contributed by atoms with Crippen molar-refractivity contribution in [3.8, 4) is 0 Å². The molecule has 0 spiro atoms. The molecular weight excluding hydrogens is 254 g/mol. The van der Waals surface area contributed by atoms with E-state index in [1.165, 1.54) is 0 Å². The van der Waals surface area contributed by atoms with E-state index in [1.54, 1.807) is 26.4 Å². The van der Waals surface area contributed by atoms with Crippen LogP contribution in [-0.2, 0) is 4.52 Å². The molecule has 0 rings (SSSR count). The Morgan fingerprint density at radius 2 is 1.79 bits per heavy atom. The maximum absolute atomic E-state index is 11.8. The predicted molar refractivity (Wildman–Crippen MR) is 56.5 cm³/mol. The predicted octanol–water partition coefficient (Wildman–Crippen LogP) is 3.88. The van der Waals surface area contributed by atoms with Crippen molar-refractivity contribution in [2.45, 2.75) is 19.3 Å². The van der Waals surface area contributed by atoms with Crippen molar-refractivity contribution in [3.63, 3.8) is 0 Å². The van der Waals surface area contributed by atoms with Crippen LogP contribution in [0.3, 0.4) is 0 Å². The highest BCUT2D eigenvalue weighted by Crippen LogP contribution is 2.46. The molecule has 0 fully saturated rings. The Morgan fingerprint density at radius 1 is 1.36 bits per heavy atom. The number of nitrogens with zero attached hydrogens (tertiary/aromatic N) is 1. The van der Waals surface area contributed by atoms with Crippen molar-refractivity contribution >= 4 is 25.9 Å². The summed E-state index contributed by atoms with van der Waals surface area (Å²) in [7, 11) is -4.56. The zero-order chi connectivity index (χ0) is 11.6. The van der Waals surface area contributed by atoms with Crippen LogP contribution >= 0.6 is 18.4 Å². The van der Waals surface area contributed by atoms with E-state index in [0.717, 1.165) is 0 Å². The van der Waals surface area contributed by atoms with Gasteiger partial charge < -0.3 is 4.52 Å². The summed E-state index contributed by atoms with van der Waals surface area (Å²) < 4.78 is 44.4. The van der Waals surface area contributed by atoms with E-state index < -0.39 is 27.6 Å². The summed E-state index contributed by atoms with van der Waals surface area (Å²) in [5.41, 5.74) is 0. The lowest BCUT2D eigenvalue weighted by Gasteiger charge is -2.20. The maximum Gasteiger partial charge on any atom is 0.412 e. The third-order valence-electron chi connectivity index (χ3n) is 1.02. The topological polar surface area (TPSA) is 21.6 Å². The van der Waals surface area contributed by atoms with Gasteiger partial charge in [-0.05, 0) is 26.4 Å². The van der Waals surface area contributed by atoms with Crippen molar-refractivity contribution in [2.24, 2.45) is 4.41 Å². The largest absolute Gasteiger partial charge is 0.412 e. The zero-order valence-electron chi connectivity index (χ0n) is 8.52. The summed E-state index contributed by atoms with van der Waals surface area (Å²) in [6.07, 6.45) is -4.30. The van der Waals surface area contributed by atoms with E-state index in [2.05, 4.69) is 4.41 Å². The van der Waals surface area contributed by atoms with Gasteiger partial charge in [-0.2, -0.15) is 13.2 Å². The summed E-state index contributed by atoms with van der Waals surface area (Å²) in [6.45, 7) is 5.39. The second-order valence-electron chi connectivity index (χ2n) is 3.69. The molecule has 0 bridgehead atoms. The van der Waals surface area contributed by atoms with Gasteiger partial charge in [-0.1, -0.05) is 0 Å². The molecule has 0 saturated heterocycles. The molecular formula is C6H14ClF3NOPSi. The Labute approximate surface area is 87.7 Å². The smallest absolute Gasteiger partial charge is 0.336 e. The van der Waals surface area contributed by atoms with Crippen molar-refractivity contribution in [2.75, 3.05) is 19.9 Å². The van der Waals surface area contributed by atoms with Gasteiger partial charge in [0.2, 0.25) is 0 Å². The van der Waals surface area contributed by atoms with Crippen LogP contribution in [0, 0.1) is 0 Å². The third-order valence-corrected chi connectivity index (χ3v) is 6.29. The van der Waals surface area contributed by atoms with Gasteiger partial charge >= 0.3 is 6.18 Å². The number of rotatable bonds is 3. The molecule has 0 atom stereocenters. The molecule has 0 aromatic carbocycles. The van der Waals surface area contributed by atoms with Crippen LogP contribution in [-0.4, -0.2) is 33.7 Å². The van der Waals surface area contributed by atoms with Crippen molar-refractivity contribution in [3.05, 3.63) is 0 Å². The molecule has 0 aliphatic rings. The van der Waals surface area contributed by atoms with E-state index >= 15 is 0 Å². The fraction of sp³-hybridized carbons (Fsp3) is 1.00. The molecule has 0 N–H and O–H groups in total. The first-order chi connectivity index (χ1) is 5.91. The number of hydrogen-bond donors (Lipinski definition) is 0. The molecule has 0 radical (unpaired) electrons. The highest BCUT2D eigenvalue weighted by Gasteiger charge is 2.30. The maximum atomic E-state index is 11.8. The van der Waals surface area contributed by atoms with E-state index in [9.17, 15) is 13.2 Å². The zero-order valence-corrected chi connectivity index (χ0v) is 11.2. The Balaban J connectivity index is 4.43. The molecule has 0 unspecified atom stereocenters. The van der Waals surface area contributed by atoms with Crippen LogP contribution in [0.1, 0.15) is 0 Å². The van der Waals surface area contributed by atoms with E-state index in [1.807, 2.05) is 0 Å². The van der Waals surface area contributed by atoms with Crippen molar-refractivity contribution < 1.29 is 17.7 Å². The molecule has 0 saturated carbocycles. The monoisotopic (exact) mass is 267 g/mol. The number of halogens is 4. The van der Waals surface area contributed by atoms with Gasteiger partial charge in [0.25, 0.3) is 7.55 Å². The van der Waals surface area contributed by atoms with Crippen molar-refractivity contribution in [1.82, 2.24) is 0 Å². The SMILES string of the molecule is C[Si](C)(Cl)N=P(C)(C)OCC(F)(F)F. The minimum atomic E-state index is -4.30. The second-order valence-corrected chi connectivity index (χ2v) is 12.9. The minimum absolute atomic E-state index is 1.25. The summed E-state index contributed by atoms with van der Waals surface area (Å²) in [5, 5.41) is 0. The lowest BCUT2D eigenvalue weighted by molar-refractivity contribution is -0.152. The normalized spacial score (nSPS) is 14.3. The molecule has 0 aromatic rings. The molecule has 0 amide bonds. The summed E-state index contributed by atoms with van der Waals surface area (Å²) >= 11 is 5.91. The van der Waals surface area contributed by atoms with E-state index in [0.29, 0.717) is 0 Å². The molecule has 8 heteroatoms. The van der Waals surface area contributed by atoms with Crippen LogP contribution in [0.25, 0.3) is 0 Å². The molecule has 0 aliphatic carbocycles. The number of alkyl halides is 3. The minimum Gasteiger partial charge on any atom is -0.336 e. The summed E-state index contributed by atoms with van der Waals surface area (Å²) in [6, 6.07) is 0. The molecule has 0 aromatic heterocycles. The molecule has 86 valence electrons. The van der Waals surface area contributed by atoms with Gasteiger partial charge in [0.1, 0.15) is 6.61 Å². The lowest BCUT2D eigenvalue weighted by atomic mass is 10.7. The van der Waals surface area contributed by atoms with Crippen LogP contribution in [0.4, 0.5) is 13.2 Å². The average molecular weight is 268 g/mol. The fourth-order valence-corrected chi connectivity index (χ4v) is 7.75. The summed E-state index contributed by atoms with van der Waals surface area (Å²) in [4.78, 5) is 0. The molecule has 14 heavy (non-hydrogen) atoms. The quantitative estimate of drug-likeness (QED) is 0.432. The van der Waals surface area contributed by atoms with E-state index in [-0.39, 0.29) is 0 Å². The fourth-order valence-electron chi connectivity index (χ4n) is 0.833. The van der Waals surface area contributed by atoms with Crippen LogP contribution in [0.2, 0.25) is 13.1 Å². The Morgan fingerprint density at radius 3 is 2.07 bits per heavy atom. The second kappa shape index (κ2) is 4.55. The van der Waals surface area contributed by atoms with Gasteiger partial charge in [0, 0.05) is 0 Å². The van der Waals surface area contributed by atoms with Crippen LogP contribution < -0.4 is 0 Å². The Hall–Kier alpha value is 0.487. The van der Waals surface area contributed by atoms with Gasteiger partial charge in [0.05, 0.1) is 7.28 Å². The Bertz CT molecular complexity index is 244.